The van der Waals surface area contributed by atoms with E-state index in [9.17, 15) is 9.90 Å². The van der Waals surface area contributed by atoms with E-state index in [1.807, 2.05) is 6.92 Å². The summed E-state index contributed by atoms with van der Waals surface area (Å²) in [5.41, 5.74) is 3.88. The van der Waals surface area contributed by atoms with Crippen molar-refractivity contribution in [2.75, 3.05) is 11.6 Å². The van der Waals surface area contributed by atoms with Gasteiger partial charge in [-0.15, -0.1) is 0 Å². The summed E-state index contributed by atoms with van der Waals surface area (Å²) < 4.78 is 0. The van der Waals surface area contributed by atoms with E-state index in [4.69, 9.17) is 23.2 Å². The van der Waals surface area contributed by atoms with Gasteiger partial charge in [0.1, 0.15) is 0 Å². The van der Waals surface area contributed by atoms with Gasteiger partial charge in [0.25, 0.3) is 5.56 Å². The molecule has 1 aromatic carbocycles. The average molecular weight is 312 g/mol. The Morgan fingerprint density at radius 3 is 2.75 bits per heavy atom. The molecule has 0 bridgehead atoms. The Bertz CT molecular complexity index is 798. The van der Waals surface area contributed by atoms with Crippen LogP contribution in [0.3, 0.4) is 0 Å². The van der Waals surface area contributed by atoms with Crippen molar-refractivity contribution in [2.24, 2.45) is 0 Å². The van der Waals surface area contributed by atoms with Crippen LogP contribution >= 0.6 is 23.2 Å². The van der Waals surface area contributed by atoms with Crippen molar-refractivity contribution < 1.29 is 5.11 Å². The van der Waals surface area contributed by atoms with Gasteiger partial charge in [-0.05, 0) is 24.6 Å². The summed E-state index contributed by atoms with van der Waals surface area (Å²) in [7, 11) is 0. The fourth-order valence-corrected chi connectivity index (χ4v) is 2.48. The Balaban J connectivity index is 2.29. The lowest BCUT2D eigenvalue weighted by atomic mass is 10.1. The van der Waals surface area contributed by atoms with Crippen LogP contribution < -0.4 is 16.0 Å². The van der Waals surface area contributed by atoms with Crippen LogP contribution in [-0.2, 0) is 0 Å². The first-order valence-corrected chi connectivity index (χ1v) is 6.67. The molecule has 0 fully saturated rings. The standard InChI is InChI=1S/C13H11Cl2N3O2/c1-6-2-8-10(3-9(6)15)17-13(20)11(12(8)19)18-5-7(14)4-16-18/h2-3,5,16H,4H2,1H3,(H2,17,19,20). The molecule has 0 saturated heterocycles. The minimum absolute atomic E-state index is 0.106. The van der Waals surface area contributed by atoms with Crippen molar-refractivity contribution in [3.8, 4) is 5.75 Å². The second-order valence-electron chi connectivity index (χ2n) is 4.58. The number of aromatic hydroxyl groups is 1. The van der Waals surface area contributed by atoms with Crippen LogP contribution in [0.25, 0.3) is 10.9 Å². The Morgan fingerprint density at radius 2 is 2.10 bits per heavy atom. The Hall–Kier alpha value is -1.69. The van der Waals surface area contributed by atoms with Crippen molar-refractivity contribution in [3.05, 3.63) is 44.3 Å². The summed E-state index contributed by atoms with van der Waals surface area (Å²) in [6.45, 7) is 2.25. The fraction of sp³-hybridized carbons (Fsp3) is 0.154. The number of hydrogen-bond donors (Lipinski definition) is 3. The lowest BCUT2D eigenvalue weighted by Crippen LogP contribution is -2.33. The summed E-state index contributed by atoms with van der Waals surface area (Å²) in [6, 6.07) is 3.35. The van der Waals surface area contributed by atoms with E-state index >= 15 is 0 Å². The minimum Gasteiger partial charge on any atom is -0.505 e. The zero-order valence-electron chi connectivity index (χ0n) is 10.5. The van der Waals surface area contributed by atoms with E-state index in [1.165, 1.54) is 5.01 Å². The van der Waals surface area contributed by atoms with Gasteiger partial charge in [-0.3, -0.25) is 9.80 Å². The molecule has 0 aliphatic carbocycles. The van der Waals surface area contributed by atoms with E-state index in [0.29, 0.717) is 27.5 Å². The summed E-state index contributed by atoms with van der Waals surface area (Å²) in [6.07, 6.45) is 1.56. The van der Waals surface area contributed by atoms with Crippen LogP contribution in [0.4, 0.5) is 5.69 Å². The molecule has 2 heterocycles. The molecular formula is C13H11Cl2N3O2. The largest absolute Gasteiger partial charge is 0.505 e. The van der Waals surface area contributed by atoms with Crippen LogP contribution in [0.1, 0.15) is 5.56 Å². The van der Waals surface area contributed by atoms with Crippen LogP contribution in [0.15, 0.2) is 28.2 Å². The van der Waals surface area contributed by atoms with Crippen molar-refractivity contribution in [1.82, 2.24) is 10.4 Å². The van der Waals surface area contributed by atoms with Gasteiger partial charge in [0.2, 0.25) is 0 Å². The molecular weight excluding hydrogens is 301 g/mol. The number of aromatic nitrogens is 1. The summed E-state index contributed by atoms with van der Waals surface area (Å²) in [4.78, 5) is 14.8. The predicted octanol–water partition coefficient (Wildman–Crippen LogP) is 2.60. The smallest absolute Gasteiger partial charge is 0.277 e. The average Bonchev–Trinajstić information content (AvgIpc) is 2.79. The molecule has 104 valence electrons. The second kappa shape index (κ2) is 4.70. The zero-order chi connectivity index (χ0) is 14.4. The Kier molecular flexibility index (Phi) is 3.12. The van der Waals surface area contributed by atoms with Gasteiger partial charge in [0.15, 0.2) is 11.4 Å². The molecule has 0 spiro atoms. The number of H-pyrrole nitrogens is 1. The van der Waals surface area contributed by atoms with Crippen LogP contribution in [-0.4, -0.2) is 16.6 Å². The molecule has 20 heavy (non-hydrogen) atoms. The SMILES string of the molecule is Cc1cc2c(O)c(N3C=C(Cl)CN3)c(=O)[nH]c2cc1Cl. The molecule has 1 aliphatic heterocycles. The fourth-order valence-electron chi connectivity index (χ4n) is 2.16. The normalized spacial score (nSPS) is 14.9. The van der Waals surface area contributed by atoms with Crippen molar-refractivity contribution in [1.29, 1.82) is 0 Å². The number of aromatic amines is 1. The number of hydrazine groups is 1. The van der Waals surface area contributed by atoms with E-state index < -0.39 is 5.56 Å². The molecule has 3 rings (SSSR count). The van der Waals surface area contributed by atoms with Gasteiger partial charge < -0.3 is 10.1 Å². The number of nitrogens with one attached hydrogen (secondary N) is 2. The van der Waals surface area contributed by atoms with Crippen molar-refractivity contribution in [3.63, 3.8) is 0 Å². The molecule has 1 aromatic heterocycles. The molecule has 0 atom stereocenters. The minimum atomic E-state index is -0.426. The number of anilines is 1. The van der Waals surface area contributed by atoms with E-state index in [-0.39, 0.29) is 11.4 Å². The van der Waals surface area contributed by atoms with Gasteiger partial charge in [-0.2, -0.15) is 0 Å². The number of hydrogen-bond acceptors (Lipinski definition) is 4. The highest BCUT2D eigenvalue weighted by Crippen LogP contribution is 2.34. The second-order valence-corrected chi connectivity index (χ2v) is 5.47. The van der Waals surface area contributed by atoms with Gasteiger partial charge >= 0.3 is 0 Å². The number of nitrogens with zero attached hydrogens (tertiary/aromatic N) is 1. The molecule has 1 aliphatic rings. The van der Waals surface area contributed by atoms with Gasteiger partial charge in [-0.25, -0.2) is 5.43 Å². The molecule has 3 N–H and O–H groups in total. The van der Waals surface area contributed by atoms with Crippen LogP contribution in [0.5, 0.6) is 5.75 Å². The first-order chi connectivity index (χ1) is 9.47. The van der Waals surface area contributed by atoms with E-state index in [1.54, 1.807) is 18.3 Å². The monoisotopic (exact) mass is 311 g/mol. The molecule has 0 saturated carbocycles. The molecule has 7 heteroatoms. The Labute approximate surface area is 124 Å². The number of benzene rings is 1. The van der Waals surface area contributed by atoms with Crippen LogP contribution in [0, 0.1) is 6.92 Å². The predicted molar refractivity (Wildman–Crippen MR) is 80.4 cm³/mol. The maximum absolute atomic E-state index is 12.1. The lowest BCUT2D eigenvalue weighted by molar-refractivity contribution is 0.479. The van der Waals surface area contributed by atoms with E-state index in [2.05, 4.69) is 10.4 Å². The topological polar surface area (TPSA) is 68.4 Å². The number of pyridine rings is 1. The highest BCUT2D eigenvalue weighted by atomic mass is 35.5. The third-order valence-corrected chi connectivity index (χ3v) is 3.81. The summed E-state index contributed by atoms with van der Waals surface area (Å²) in [5.74, 6) is -0.112. The third-order valence-electron chi connectivity index (χ3n) is 3.17. The molecule has 2 aromatic rings. The number of fused-ring (bicyclic) bond motifs is 1. The van der Waals surface area contributed by atoms with Crippen molar-refractivity contribution in [2.45, 2.75) is 6.92 Å². The van der Waals surface area contributed by atoms with E-state index in [0.717, 1.165) is 5.56 Å². The first kappa shape index (κ1) is 13.3. The number of aryl methyl sites for hydroxylation is 1. The van der Waals surface area contributed by atoms with Gasteiger partial charge in [0.05, 0.1) is 17.1 Å². The first-order valence-electron chi connectivity index (χ1n) is 5.91. The summed E-state index contributed by atoms with van der Waals surface area (Å²) in [5, 5.41) is 13.4. The molecule has 0 radical (unpaired) electrons. The number of rotatable bonds is 1. The highest BCUT2D eigenvalue weighted by Gasteiger charge is 2.21. The highest BCUT2D eigenvalue weighted by molar-refractivity contribution is 6.32. The third kappa shape index (κ3) is 2.04. The quantitative estimate of drug-likeness (QED) is 0.757. The van der Waals surface area contributed by atoms with Crippen molar-refractivity contribution >= 4 is 39.8 Å². The molecule has 0 unspecified atom stereocenters. The molecule has 0 amide bonds. The van der Waals surface area contributed by atoms with Gasteiger partial charge in [0, 0.05) is 16.6 Å². The van der Waals surface area contributed by atoms with Crippen LogP contribution in [0.2, 0.25) is 5.02 Å². The maximum atomic E-state index is 12.1. The maximum Gasteiger partial charge on any atom is 0.277 e. The molecule has 5 nitrogen and oxygen atoms in total. The zero-order valence-corrected chi connectivity index (χ0v) is 12.0. The summed E-state index contributed by atoms with van der Waals surface area (Å²) >= 11 is 11.9. The lowest BCUT2D eigenvalue weighted by Gasteiger charge is -2.17. The Morgan fingerprint density at radius 1 is 1.35 bits per heavy atom. The van der Waals surface area contributed by atoms with Gasteiger partial charge in [-0.1, -0.05) is 23.2 Å². The number of halogens is 2.